The summed E-state index contributed by atoms with van der Waals surface area (Å²) in [6, 6.07) is 32.2. The van der Waals surface area contributed by atoms with E-state index in [0.29, 0.717) is 5.41 Å². The lowest BCUT2D eigenvalue weighted by atomic mass is 9.48. The predicted molar refractivity (Wildman–Crippen MR) is 155 cm³/mol. The van der Waals surface area contributed by atoms with Gasteiger partial charge in [0.2, 0.25) is 0 Å². The van der Waals surface area contributed by atoms with Gasteiger partial charge in [0, 0.05) is 20.2 Å². The first-order valence-corrected chi connectivity index (χ1v) is 14.6. The van der Waals surface area contributed by atoms with E-state index in [1.54, 1.807) is 5.56 Å². The summed E-state index contributed by atoms with van der Waals surface area (Å²) >= 11 is 1.95. The van der Waals surface area contributed by atoms with Gasteiger partial charge in [-0.2, -0.15) is 0 Å². The van der Waals surface area contributed by atoms with Gasteiger partial charge in [0.05, 0.1) is 0 Å². The van der Waals surface area contributed by atoms with Crippen LogP contribution in [0.2, 0.25) is 0 Å². The smallest absolute Gasteiger partial charge is 0.0433 e. The zero-order valence-corrected chi connectivity index (χ0v) is 21.8. The fourth-order valence-corrected chi connectivity index (χ4v) is 9.98. The van der Waals surface area contributed by atoms with E-state index in [1.165, 1.54) is 86.5 Å². The normalized spacial score (nSPS) is 26.8. The summed E-state index contributed by atoms with van der Waals surface area (Å²) in [6.07, 6.45) is 8.85. The molecule has 4 fully saturated rings. The second kappa shape index (κ2) is 7.80. The minimum atomic E-state index is 0.479. The van der Waals surface area contributed by atoms with Crippen molar-refractivity contribution in [2.75, 3.05) is 0 Å². The lowest BCUT2D eigenvalue weighted by molar-refractivity contribution is -0.00518. The van der Waals surface area contributed by atoms with E-state index in [4.69, 9.17) is 0 Å². The molecule has 0 aliphatic heterocycles. The topological polar surface area (TPSA) is 0 Å². The van der Waals surface area contributed by atoms with Crippen LogP contribution in [0.4, 0.5) is 0 Å². The number of rotatable bonds is 3. The fourth-order valence-electron chi connectivity index (χ4n) is 8.63. The molecule has 1 heteroatoms. The monoisotopic (exact) mass is 484 g/mol. The van der Waals surface area contributed by atoms with Crippen LogP contribution in [0.5, 0.6) is 0 Å². The van der Waals surface area contributed by atoms with E-state index in [1.807, 2.05) is 11.3 Å². The summed E-state index contributed by atoms with van der Waals surface area (Å²) in [7, 11) is 0. The molecule has 4 aliphatic rings. The summed E-state index contributed by atoms with van der Waals surface area (Å²) in [5.74, 6) is 2.99. The fraction of sp³-hybridized carbons (Fsp3) is 0.314. The standard InChI is InChI=1S/C35H32S/c1-22-14-28(18-32-33(22)31-9-5-8-30(34(31)36-32)27-6-3-2-4-7-27)26-10-12-29(13-11-26)35-19-23-15-24(20-35)17-25(16-23)21-35/h2-14,18,23-25H,15-17,19-21H2,1H3. The summed E-state index contributed by atoms with van der Waals surface area (Å²) in [5.41, 5.74) is 8.83. The second-order valence-electron chi connectivity index (χ2n) is 12.1. The molecule has 4 aromatic carbocycles. The van der Waals surface area contributed by atoms with Gasteiger partial charge in [-0.05, 0) is 108 Å². The quantitative estimate of drug-likeness (QED) is 0.239. The molecule has 0 saturated heterocycles. The van der Waals surface area contributed by atoms with Crippen molar-refractivity contribution in [3.63, 3.8) is 0 Å². The summed E-state index contributed by atoms with van der Waals surface area (Å²) in [6.45, 7) is 2.29. The van der Waals surface area contributed by atoms with Crippen molar-refractivity contribution in [3.05, 3.63) is 96.1 Å². The molecule has 0 N–H and O–H groups in total. The van der Waals surface area contributed by atoms with Crippen molar-refractivity contribution in [2.24, 2.45) is 17.8 Å². The van der Waals surface area contributed by atoms with Crippen LogP contribution >= 0.6 is 11.3 Å². The van der Waals surface area contributed by atoms with Crippen molar-refractivity contribution in [1.29, 1.82) is 0 Å². The number of benzene rings is 4. The largest absolute Gasteiger partial charge is 0.135 e. The molecule has 4 bridgehead atoms. The first-order valence-electron chi connectivity index (χ1n) is 13.8. The molecule has 1 aromatic heterocycles. The molecular formula is C35H32S. The van der Waals surface area contributed by atoms with E-state index < -0.39 is 0 Å². The molecule has 4 saturated carbocycles. The third kappa shape index (κ3) is 3.18. The maximum atomic E-state index is 2.49. The molecule has 0 radical (unpaired) electrons. The van der Waals surface area contributed by atoms with Crippen LogP contribution in [0.3, 0.4) is 0 Å². The van der Waals surface area contributed by atoms with Crippen LogP contribution in [0.25, 0.3) is 42.4 Å². The van der Waals surface area contributed by atoms with Gasteiger partial charge >= 0.3 is 0 Å². The average molecular weight is 485 g/mol. The molecule has 0 atom stereocenters. The summed E-state index contributed by atoms with van der Waals surface area (Å²) < 4.78 is 2.80. The zero-order valence-electron chi connectivity index (χ0n) is 21.0. The van der Waals surface area contributed by atoms with Crippen molar-refractivity contribution in [1.82, 2.24) is 0 Å². The van der Waals surface area contributed by atoms with Gasteiger partial charge in [-0.3, -0.25) is 0 Å². The van der Waals surface area contributed by atoms with Crippen molar-refractivity contribution >= 4 is 31.5 Å². The number of aryl methyl sites for hydroxylation is 1. The molecule has 5 aromatic rings. The molecule has 0 spiro atoms. The Bertz CT molecular complexity index is 1570. The van der Waals surface area contributed by atoms with Crippen LogP contribution in [0, 0.1) is 24.7 Å². The Labute approximate surface area is 218 Å². The van der Waals surface area contributed by atoms with Gasteiger partial charge < -0.3 is 0 Å². The Morgan fingerprint density at radius 3 is 2.06 bits per heavy atom. The first-order chi connectivity index (χ1) is 17.6. The Morgan fingerprint density at radius 2 is 1.36 bits per heavy atom. The Hall–Kier alpha value is -2.90. The minimum Gasteiger partial charge on any atom is -0.135 e. The molecule has 4 aliphatic carbocycles. The Balaban J connectivity index is 1.19. The molecular weight excluding hydrogens is 452 g/mol. The van der Waals surface area contributed by atoms with Gasteiger partial charge in [-0.15, -0.1) is 11.3 Å². The van der Waals surface area contributed by atoms with E-state index in [0.717, 1.165) is 17.8 Å². The third-order valence-corrected chi connectivity index (χ3v) is 10.9. The summed E-state index contributed by atoms with van der Waals surface area (Å²) in [4.78, 5) is 0. The van der Waals surface area contributed by atoms with Gasteiger partial charge in [0.25, 0.3) is 0 Å². The second-order valence-corrected chi connectivity index (χ2v) is 13.1. The van der Waals surface area contributed by atoms with E-state index >= 15 is 0 Å². The highest BCUT2D eigenvalue weighted by molar-refractivity contribution is 7.26. The van der Waals surface area contributed by atoms with Crippen molar-refractivity contribution in [3.8, 4) is 22.3 Å². The van der Waals surface area contributed by atoms with Crippen LogP contribution in [0.15, 0.2) is 84.9 Å². The molecule has 178 valence electrons. The lowest BCUT2D eigenvalue weighted by Crippen LogP contribution is -2.48. The molecule has 1 heterocycles. The number of hydrogen-bond acceptors (Lipinski definition) is 1. The van der Waals surface area contributed by atoms with Gasteiger partial charge in [-0.25, -0.2) is 0 Å². The first kappa shape index (κ1) is 21.2. The molecule has 0 nitrogen and oxygen atoms in total. The van der Waals surface area contributed by atoms with Gasteiger partial charge in [0.15, 0.2) is 0 Å². The van der Waals surface area contributed by atoms with Crippen molar-refractivity contribution < 1.29 is 0 Å². The van der Waals surface area contributed by atoms with Gasteiger partial charge in [-0.1, -0.05) is 78.9 Å². The maximum Gasteiger partial charge on any atom is 0.0433 e. The molecule has 9 rings (SSSR count). The van der Waals surface area contributed by atoms with Gasteiger partial charge in [0.1, 0.15) is 0 Å². The third-order valence-electron chi connectivity index (χ3n) is 9.75. The highest BCUT2D eigenvalue weighted by atomic mass is 32.1. The van der Waals surface area contributed by atoms with Crippen LogP contribution < -0.4 is 0 Å². The van der Waals surface area contributed by atoms with E-state index in [-0.39, 0.29) is 0 Å². The van der Waals surface area contributed by atoms with E-state index in [2.05, 4.69) is 91.9 Å². The Kier molecular flexibility index (Phi) is 4.59. The highest BCUT2D eigenvalue weighted by Gasteiger charge is 2.51. The van der Waals surface area contributed by atoms with Crippen LogP contribution in [-0.2, 0) is 5.41 Å². The molecule has 36 heavy (non-hydrogen) atoms. The minimum absolute atomic E-state index is 0.479. The Morgan fingerprint density at radius 1 is 0.667 bits per heavy atom. The highest BCUT2D eigenvalue weighted by Crippen LogP contribution is 2.60. The van der Waals surface area contributed by atoms with Crippen LogP contribution in [0.1, 0.15) is 49.7 Å². The molecule has 0 unspecified atom stereocenters. The zero-order chi connectivity index (χ0) is 23.9. The summed E-state index contributed by atoms with van der Waals surface area (Å²) in [5, 5.41) is 2.80. The lowest BCUT2D eigenvalue weighted by Gasteiger charge is -2.57. The predicted octanol–water partition coefficient (Wildman–Crippen LogP) is 10.2. The van der Waals surface area contributed by atoms with Crippen LogP contribution in [-0.4, -0.2) is 0 Å². The number of thiophene rings is 1. The number of fused-ring (bicyclic) bond motifs is 3. The SMILES string of the molecule is Cc1cc(-c2ccc(C34CC5CC(CC(C5)C3)C4)cc2)cc2sc3c(-c4ccccc4)cccc3c12. The number of hydrogen-bond donors (Lipinski definition) is 0. The van der Waals surface area contributed by atoms with E-state index in [9.17, 15) is 0 Å². The molecule has 0 amide bonds. The maximum absolute atomic E-state index is 2.49. The average Bonchev–Trinajstić information content (AvgIpc) is 3.28. The van der Waals surface area contributed by atoms with Crippen molar-refractivity contribution in [2.45, 2.75) is 50.9 Å².